The van der Waals surface area contributed by atoms with Crippen molar-refractivity contribution in [3.63, 3.8) is 0 Å². The Morgan fingerprint density at radius 1 is 1.38 bits per heavy atom. The van der Waals surface area contributed by atoms with Crippen LogP contribution in [0.3, 0.4) is 0 Å². The molecule has 0 bridgehead atoms. The van der Waals surface area contributed by atoms with Crippen molar-refractivity contribution in [1.82, 2.24) is 19.4 Å². The number of benzene rings is 1. The van der Waals surface area contributed by atoms with E-state index in [1.165, 1.54) is 12.1 Å². The van der Waals surface area contributed by atoms with Crippen LogP contribution < -0.4 is 4.72 Å². The van der Waals surface area contributed by atoms with Crippen LogP contribution >= 0.6 is 0 Å². The van der Waals surface area contributed by atoms with Crippen LogP contribution in [0, 0.1) is 5.82 Å². The number of nitrogens with zero attached hydrogens (tertiary/aromatic N) is 3. The lowest BCUT2D eigenvalue weighted by Gasteiger charge is -2.34. The van der Waals surface area contributed by atoms with Crippen LogP contribution in [0.4, 0.5) is 4.39 Å². The van der Waals surface area contributed by atoms with Crippen LogP contribution in [-0.4, -0.2) is 41.9 Å². The molecule has 1 N–H and O–H groups in total. The summed E-state index contributed by atoms with van der Waals surface area (Å²) in [7, 11) is -3.25. The van der Waals surface area contributed by atoms with E-state index in [2.05, 4.69) is 14.7 Å². The first-order valence-electron chi connectivity index (χ1n) is 7.93. The van der Waals surface area contributed by atoms with Crippen LogP contribution in [0.1, 0.15) is 24.2 Å². The Hall–Kier alpha value is -1.77. The third-order valence-corrected chi connectivity index (χ3v) is 5.53. The number of hydrogen-bond donors (Lipinski definition) is 1. The largest absolute Gasteiger partial charge is 0.291 e. The van der Waals surface area contributed by atoms with Gasteiger partial charge in [-0.25, -0.2) is 17.5 Å². The van der Waals surface area contributed by atoms with Crippen molar-refractivity contribution in [2.75, 3.05) is 18.8 Å². The van der Waals surface area contributed by atoms with Gasteiger partial charge in [0.1, 0.15) is 5.82 Å². The van der Waals surface area contributed by atoms with E-state index in [1.807, 2.05) is 16.8 Å². The molecular formula is C16H21FN4O2S. The third-order valence-electron chi connectivity index (χ3n) is 4.17. The van der Waals surface area contributed by atoms with E-state index in [9.17, 15) is 12.8 Å². The minimum Gasteiger partial charge on any atom is -0.291 e. The quantitative estimate of drug-likeness (QED) is 0.856. The molecular weight excluding hydrogens is 331 g/mol. The molecule has 1 aliphatic heterocycles. The molecule has 2 heterocycles. The number of sulfonamides is 1. The van der Waals surface area contributed by atoms with Gasteiger partial charge in [0, 0.05) is 32.4 Å². The van der Waals surface area contributed by atoms with Gasteiger partial charge in [0.05, 0.1) is 17.5 Å². The summed E-state index contributed by atoms with van der Waals surface area (Å²) in [6, 6.07) is 8.39. The van der Waals surface area contributed by atoms with Gasteiger partial charge < -0.3 is 0 Å². The van der Waals surface area contributed by atoms with Crippen LogP contribution in [0.15, 0.2) is 36.5 Å². The van der Waals surface area contributed by atoms with E-state index < -0.39 is 10.0 Å². The van der Waals surface area contributed by atoms with E-state index in [4.69, 9.17) is 0 Å². The van der Waals surface area contributed by atoms with Gasteiger partial charge in [-0.1, -0.05) is 12.1 Å². The number of hydrogen-bond acceptors (Lipinski definition) is 4. The summed E-state index contributed by atoms with van der Waals surface area (Å²) in [6.07, 6.45) is 1.72. The highest BCUT2D eigenvalue weighted by Gasteiger charge is 2.26. The summed E-state index contributed by atoms with van der Waals surface area (Å²) in [4.78, 5) is 2.18. The molecule has 1 aliphatic rings. The lowest BCUT2D eigenvalue weighted by molar-refractivity contribution is 0.168. The molecule has 0 saturated carbocycles. The van der Waals surface area contributed by atoms with Gasteiger partial charge in [0.25, 0.3) is 0 Å². The first-order valence-corrected chi connectivity index (χ1v) is 9.58. The van der Waals surface area contributed by atoms with Gasteiger partial charge in [-0.05, 0) is 30.7 Å². The molecule has 2 aromatic rings. The Bertz CT molecular complexity index is 806. The molecule has 0 saturated heterocycles. The molecule has 0 unspecified atom stereocenters. The lowest BCUT2D eigenvalue weighted by atomic mass is 10.1. The topological polar surface area (TPSA) is 67.2 Å². The second-order valence-electron chi connectivity index (χ2n) is 5.97. The average Bonchev–Trinajstić information content (AvgIpc) is 3.01. The van der Waals surface area contributed by atoms with Crippen molar-refractivity contribution >= 4 is 10.0 Å². The molecule has 1 atom stereocenters. The van der Waals surface area contributed by atoms with Gasteiger partial charge in [-0.15, -0.1) is 0 Å². The molecule has 24 heavy (non-hydrogen) atoms. The zero-order valence-electron chi connectivity index (χ0n) is 13.5. The minimum atomic E-state index is -3.25. The summed E-state index contributed by atoms with van der Waals surface area (Å²) >= 11 is 0. The van der Waals surface area contributed by atoms with E-state index in [1.54, 1.807) is 19.2 Å². The number of fused-ring (bicyclic) bond motifs is 1. The zero-order chi connectivity index (χ0) is 17.2. The van der Waals surface area contributed by atoms with Crippen LogP contribution in [-0.2, 0) is 23.1 Å². The fourth-order valence-corrected chi connectivity index (χ4v) is 3.61. The van der Waals surface area contributed by atoms with Gasteiger partial charge in [-0.3, -0.25) is 9.58 Å². The highest BCUT2D eigenvalue weighted by molar-refractivity contribution is 7.89. The number of nitrogens with one attached hydrogen (secondary N) is 1. The fourth-order valence-electron chi connectivity index (χ4n) is 2.95. The fraction of sp³-hybridized carbons (Fsp3) is 0.438. The van der Waals surface area contributed by atoms with E-state index in [0.717, 1.165) is 11.3 Å². The first-order chi connectivity index (χ1) is 11.5. The number of aromatic nitrogens is 2. The predicted molar refractivity (Wildman–Crippen MR) is 89.2 cm³/mol. The van der Waals surface area contributed by atoms with Crippen LogP contribution in [0.2, 0.25) is 0 Å². The molecule has 130 valence electrons. The Kier molecular flexibility index (Phi) is 4.98. The molecule has 0 spiro atoms. The third kappa shape index (κ3) is 4.00. The average molecular weight is 352 g/mol. The molecule has 6 nitrogen and oxygen atoms in total. The van der Waals surface area contributed by atoms with Gasteiger partial charge in [0.2, 0.25) is 10.0 Å². The standard InChI is InChI=1S/C16H21FN4O2S/c1-2-24(22,23)19-9-16-12-20(11-15-6-7-18-21(15)16)10-13-4-3-5-14(17)8-13/h3-8,16,19H,2,9-12H2,1H3/t16-/m1/s1. The normalized spacial score (nSPS) is 18.5. The van der Waals surface area contributed by atoms with Gasteiger partial charge >= 0.3 is 0 Å². The van der Waals surface area contributed by atoms with Crippen molar-refractivity contribution in [2.45, 2.75) is 26.1 Å². The summed E-state index contributed by atoms with van der Waals surface area (Å²) in [5.74, 6) is -0.194. The Labute approximate surface area is 141 Å². The number of halogens is 1. The van der Waals surface area contributed by atoms with Crippen LogP contribution in [0.5, 0.6) is 0 Å². The van der Waals surface area contributed by atoms with Crippen molar-refractivity contribution < 1.29 is 12.8 Å². The molecule has 0 fully saturated rings. The Morgan fingerprint density at radius 2 is 2.21 bits per heavy atom. The maximum absolute atomic E-state index is 13.4. The monoisotopic (exact) mass is 352 g/mol. The van der Waals surface area contributed by atoms with Gasteiger partial charge in [-0.2, -0.15) is 5.10 Å². The van der Waals surface area contributed by atoms with Crippen molar-refractivity contribution in [2.24, 2.45) is 0 Å². The van der Waals surface area contributed by atoms with Crippen molar-refractivity contribution in [3.05, 3.63) is 53.6 Å². The smallest absolute Gasteiger partial charge is 0.211 e. The second kappa shape index (κ2) is 7.00. The van der Waals surface area contributed by atoms with E-state index >= 15 is 0 Å². The molecule has 0 amide bonds. The molecule has 1 aromatic carbocycles. The highest BCUT2D eigenvalue weighted by Crippen LogP contribution is 2.22. The summed E-state index contributed by atoms with van der Waals surface area (Å²) in [6.45, 7) is 3.87. The summed E-state index contributed by atoms with van der Waals surface area (Å²) in [5.41, 5.74) is 1.93. The second-order valence-corrected chi connectivity index (χ2v) is 8.07. The summed E-state index contributed by atoms with van der Waals surface area (Å²) in [5, 5.41) is 4.32. The van der Waals surface area contributed by atoms with E-state index in [-0.39, 0.29) is 17.6 Å². The molecule has 0 aliphatic carbocycles. The Morgan fingerprint density at radius 3 is 2.96 bits per heavy atom. The SMILES string of the molecule is CCS(=O)(=O)NC[C@@H]1CN(Cc2cccc(F)c2)Cc2ccnn21. The molecule has 1 aromatic heterocycles. The summed E-state index contributed by atoms with van der Waals surface area (Å²) < 4.78 is 41.3. The molecule has 0 radical (unpaired) electrons. The predicted octanol–water partition coefficient (Wildman–Crippen LogP) is 1.52. The maximum Gasteiger partial charge on any atom is 0.211 e. The first kappa shape index (κ1) is 17.1. The van der Waals surface area contributed by atoms with Crippen molar-refractivity contribution in [1.29, 1.82) is 0 Å². The van der Waals surface area contributed by atoms with E-state index in [0.29, 0.717) is 26.2 Å². The molecule has 8 heteroatoms. The molecule has 3 rings (SSSR count). The number of rotatable bonds is 6. The van der Waals surface area contributed by atoms with Crippen molar-refractivity contribution in [3.8, 4) is 0 Å². The lowest BCUT2D eigenvalue weighted by Crippen LogP contribution is -2.42. The minimum absolute atomic E-state index is 0.0543. The van der Waals surface area contributed by atoms with Crippen LogP contribution in [0.25, 0.3) is 0 Å². The zero-order valence-corrected chi connectivity index (χ0v) is 14.3. The Balaban J connectivity index is 1.73. The van der Waals surface area contributed by atoms with Gasteiger partial charge in [0.15, 0.2) is 0 Å². The maximum atomic E-state index is 13.4. The highest BCUT2D eigenvalue weighted by atomic mass is 32.2.